The summed E-state index contributed by atoms with van der Waals surface area (Å²) in [7, 11) is 1.50. The van der Waals surface area contributed by atoms with E-state index in [1.807, 2.05) is 6.07 Å². The smallest absolute Gasteiger partial charge is 0.279 e. The molecular weight excluding hydrogens is 352 g/mol. The number of hydrogen-bond donors (Lipinski definition) is 2. The van der Waals surface area contributed by atoms with E-state index in [0.29, 0.717) is 28.5 Å². The van der Waals surface area contributed by atoms with Crippen LogP contribution in [-0.4, -0.2) is 25.5 Å². The van der Waals surface area contributed by atoms with Crippen LogP contribution >= 0.6 is 11.3 Å². The predicted molar refractivity (Wildman–Crippen MR) is 100.0 cm³/mol. The summed E-state index contributed by atoms with van der Waals surface area (Å²) >= 11 is 1.49. The fourth-order valence-electron chi connectivity index (χ4n) is 2.77. The van der Waals surface area contributed by atoms with Gasteiger partial charge < -0.3 is 9.47 Å². The van der Waals surface area contributed by atoms with E-state index < -0.39 is 5.91 Å². The zero-order valence-corrected chi connectivity index (χ0v) is 15.3. The lowest BCUT2D eigenvalue weighted by molar-refractivity contribution is 0.0848. The van der Waals surface area contributed by atoms with E-state index in [1.165, 1.54) is 28.9 Å². The summed E-state index contributed by atoms with van der Waals surface area (Å²) < 4.78 is 10.7. The highest BCUT2D eigenvalue weighted by molar-refractivity contribution is 7.14. The molecule has 6 nitrogen and oxygen atoms in total. The zero-order valence-electron chi connectivity index (χ0n) is 14.5. The van der Waals surface area contributed by atoms with Crippen molar-refractivity contribution < 1.29 is 19.1 Å². The van der Waals surface area contributed by atoms with Gasteiger partial charge in [-0.25, -0.2) is 0 Å². The van der Waals surface area contributed by atoms with Gasteiger partial charge in [0, 0.05) is 10.4 Å². The number of ether oxygens (including phenoxy) is 2. The van der Waals surface area contributed by atoms with Gasteiger partial charge in [-0.05, 0) is 49.1 Å². The van der Waals surface area contributed by atoms with Crippen LogP contribution in [0.4, 0.5) is 0 Å². The quantitative estimate of drug-likeness (QED) is 0.604. The lowest BCUT2D eigenvalue weighted by Crippen LogP contribution is -2.41. The Bertz CT molecular complexity index is 823. The number of fused-ring (bicyclic) bond motifs is 1. The van der Waals surface area contributed by atoms with E-state index in [0.717, 1.165) is 19.3 Å². The minimum absolute atomic E-state index is 0.310. The molecule has 1 aliphatic rings. The number of rotatable bonds is 6. The molecule has 2 amide bonds. The molecule has 0 atom stereocenters. The van der Waals surface area contributed by atoms with Gasteiger partial charge in [-0.1, -0.05) is 12.7 Å². The second-order valence-corrected chi connectivity index (χ2v) is 6.92. The van der Waals surface area contributed by atoms with Crippen molar-refractivity contribution in [2.75, 3.05) is 13.7 Å². The van der Waals surface area contributed by atoms with E-state index in [9.17, 15) is 9.59 Å². The molecule has 136 valence electrons. The number of hydrogen-bond acceptors (Lipinski definition) is 5. The number of aryl methyl sites for hydroxylation is 2. The van der Waals surface area contributed by atoms with Crippen LogP contribution in [0.15, 0.2) is 36.9 Å². The first kappa shape index (κ1) is 18.0. The number of benzene rings is 1. The fourth-order valence-corrected chi connectivity index (χ4v) is 3.91. The molecule has 0 aliphatic heterocycles. The Hall–Kier alpha value is -2.80. The van der Waals surface area contributed by atoms with Crippen molar-refractivity contribution in [1.82, 2.24) is 10.9 Å². The van der Waals surface area contributed by atoms with Gasteiger partial charge in [0.2, 0.25) is 0 Å². The Balaban J connectivity index is 1.62. The summed E-state index contributed by atoms with van der Waals surface area (Å²) in [5.74, 6) is 0.202. The SMILES string of the molecule is C=CCOc1ccc(C(=O)NNC(=O)c2cc3c(s2)CCC3)cc1OC. The molecule has 3 rings (SSSR count). The molecule has 1 aromatic carbocycles. The minimum atomic E-state index is -0.434. The topological polar surface area (TPSA) is 76.7 Å². The molecule has 0 saturated carbocycles. The van der Waals surface area contributed by atoms with Crippen molar-refractivity contribution in [2.45, 2.75) is 19.3 Å². The third-order valence-corrected chi connectivity index (χ3v) is 5.28. The second-order valence-electron chi connectivity index (χ2n) is 5.79. The van der Waals surface area contributed by atoms with E-state index in [1.54, 1.807) is 24.3 Å². The van der Waals surface area contributed by atoms with Crippen LogP contribution in [0.5, 0.6) is 11.5 Å². The number of carbonyl (C=O) groups is 2. The van der Waals surface area contributed by atoms with Crippen molar-refractivity contribution in [3.8, 4) is 11.5 Å². The minimum Gasteiger partial charge on any atom is -0.493 e. The molecular formula is C19H20N2O4S. The van der Waals surface area contributed by atoms with E-state index in [2.05, 4.69) is 17.4 Å². The number of methoxy groups -OCH3 is 1. The van der Waals surface area contributed by atoms with Crippen molar-refractivity contribution in [1.29, 1.82) is 0 Å². The molecule has 0 unspecified atom stereocenters. The van der Waals surface area contributed by atoms with Gasteiger partial charge in [-0.2, -0.15) is 0 Å². The van der Waals surface area contributed by atoms with Crippen LogP contribution in [0.25, 0.3) is 0 Å². The summed E-state index contributed by atoms with van der Waals surface area (Å²) in [5, 5.41) is 0. The summed E-state index contributed by atoms with van der Waals surface area (Å²) in [5.41, 5.74) is 6.48. The van der Waals surface area contributed by atoms with Crippen LogP contribution in [-0.2, 0) is 12.8 Å². The van der Waals surface area contributed by atoms with E-state index in [4.69, 9.17) is 9.47 Å². The van der Waals surface area contributed by atoms with Crippen LogP contribution in [0.1, 0.15) is 36.9 Å². The number of nitrogens with one attached hydrogen (secondary N) is 2. The largest absolute Gasteiger partial charge is 0.493 e. The highest BCUT2D eigenvalue weighted by Gasteiger charge is 2.19. The maximum absolute atomic E-state index is 12.3. The number of hydrazine groups is 1. The Morgan fingerprint density at radius 3 is 2.73 bits per heavy atom. The summed E-state index contributed by atoms with van der Waals surface area (Å²) in [4.78, 5) is 26.4. The monoisotopic (exact) mass is 372 g/mol. The van der Waals surface area contributed by atoms with E-state index >= 15 is 0 Å². The van der Waals surface area contributed by atoms with Gasteiger partial charge in [0.15, 0.2) is 11.5 Å². The van der Waals surface area contributed by atoms with Crippen LogP contribution in [0, 0.1) is 0 Å². The third kappa shape index (κ3) is 3.88. The zero-order chi connectivity index (χ0) is 18.5. The number of amides is 2. The molecule has 0 radical (unpaired) electrons. The van der Waals surface area contributed by atoms with Crippen molar-refractivity contribution >= 4 is 23.2 Å². The molecule has 1 aromatic heterocycles. The normalized spacial score (nSPS) is 12.2. The van der Waals surface area contributed by atoms with Crippen LogP contribution in [0.2, 0.25) is 0 Å². The molecule has 0 bridgehead atoms. The molecule has 1 aliphatic carbocycles. The predicted octanol–water partition coefficient (Wildman–Crippen LogP) is 2.89. The number of thiophene rings is 1. The lowest BCUT2D eigenvalue weighted by Gasteiger charge is -2.11. The molecule has 0 fully saturated rings. The first-order chi connectivity index (χ1) is 12.6. The first-order valence-corrected chi connectivity index (χ1v) is 9.08. The van der Waals surface area contributed by atoms with Gasteiger partial charge >= 0.3 is 0 Å². The molecule has 1 heterocycles. The fraction of sp³-hybridized carbons (Fsp3) is 0.263. The van der Waals surface area contributed by atoms with Crippen LogP contribution < -0.4 is 20.3 Å². The van der Waals surface area contributed by atoms with Gasteiger partial charge in [-0.15, -0.1) is 11.3 Å². The summed E-state index contributed by atoms with van der Waals surface area (Å²) in [6, 6.07) is 6.70. The molecule has 2 aromatic rings. The average Bonchev–Trinajstić information content (AvgIpc) is 3.26. The van der Waals surface area contributed by atoms with Crippen molar-refractivity contribution in [2.24, 2.45) is 0 Å². The molecule has 0 spiro atoms. The van der Waals surface area contributed by atoms with E-state index in [-0.39, 0.29) is 5.91 Å². The molecule has 7 heteroatoms. The van der Waals surface area contributed by atoms with Gasteiger partial charge in [-0.3, -0.25) is 20.4 Å². The standard InChI is InChI=1S/C19H20N2O4S/c1-3-9-25-14-8-7-13(10-15(14)24-2)18(22)20-21-19(23)17-11-12-5-4-6-16(12)26-17/h3,7-8,10-11H,1,4-6,9H2,2H3,(H,20,22)(H,21,23). The Morgan fingerprint density at radius 2 is 2.00 bits per heavy atom. The second kappa shape index (κ2) is 8.05. The Morgan fingerprint density at radius 1 is 1.19 bits per heavy atom. The van der Waals surface area contributed by atoms with Crippen molar-refractivity contribution in [3.05, 3.63) is 57.8 Å². The molecule has 26 heavy (non-hydrogen) atoms. The van der Waals surface area contributed by atoms with Crippen LogP contribution in [0.3, 0.4) is 0 Å². The van der Waals surface area contributed by atoms with Crippen molar-refractivity contribution in [3.63, 3.8) is 0 Å². The van der Waals surface area contributed by atoms with Gasteiger partial charge in [0.25, 0.3) is 11.8 Å². The third-order valence-electron chi connectivity index (χ3n) is 4.04. The highest BCUT2D eigenvalue weighted by atomic mass is 32.1. The highest BCUT2D eigenvalue weighted by Crippen LogP contribution is 2.30. The Kier molecular flexibility index (Phi) is 5.58. The summed E-state index contributed by atoms with van der Waals surface area (Å²) in [6.07, 6.45) is 4.81. The molecule has 2 N–H and O–H groups in total. The maximum atomic E-state index is 12.3. The average molecular weight is 372 g/mol. The first-order valence-electron chi connectivity index (χ1n) is 8.26. The summed E-state index contributed by atoms with van der Waals surface area (Å²) in [6.45, 7) is 3.93. The lowest BCUT2D eigenvalue weighted by atomic mass is 10.2. The molecule has 0 saturated heterocycles. The maximum Gasteiger partial charge on any atom is 0.279 e. The number of carbonyl (C=O) groups excluding carboxylic acids is 2. The van der Waals surface area contributed by atoms with Gasteiger partial charge in [0.1, 0.15) is 6.61 Å². The Labute approximate surface area is 155 Å². The van der Waals surface area contributed by atoms with Gasteiger partial charge in [0.05, 0.1) is 12.0 Å².